The highest BCUT2D eigenvalue weighted by molar-refractivity contribution is 5.28. The van der Waals surface area contributed by atoms with E-state index in [1.54, 1.807) is 0 Å². The SMILES string of the molecule is CC(C)=CCCC(C)=C[C@@H]1CC(C)=C[C@]2(C=C(CO)[C@H]3C[C@@H](O)C(C)C[C@H]3O2)O1. The molecule has 0 aromatic rings. The van der Waals surface area contributed by atoms with E-state index in [-0.39, 0.29) is 36.8 Å². The van der Waals surface area contributed by atoms with Gasteiger partial charge in [-0.15, -0.1) is 0 Å². The Balaban J connectivity index is 1.80. The van der Waals surface area contributed by atoms with Gasteiger partial charge >= 0.3 is 0 Å². The van der Waals surface area contributed by atoms with Gasteiger partial charge in [0.1, 0.15) is 0 Å². The number of rotatable bonds is 5. The number of ether oxygens (including phenoxy) is 2. The second-order valence-electron chi connectivity index (χ2n) is 9.56. The second-order valence-corrected chi connectivity index (χ2v) is 9.56. The molecule has 4 nitrogen and oxygen atoms in total. The van der Waals surface area contributed by atoms with Crippen LogP contribution in [0, 0.1) is 11.8 Å². The first-order valence-electron chi connectivity index (χ1n) is 11.1. The van der Waals surface area contributed by atoms with Crippen molar-refractivity contribution in [1.29, 1.82) is 0 Å². The van der Waals surface area contributed by atoms with Crippen molar-refractivity contribution in [3.05, 3.63) is 46.6 Å². The molecule has 1 fully saturated rings. The summed E-state index contributed by atoms with van der Waals surface area (Å²) >= 11 is 0. The number of allylic oxidation sites excluding steroid dienone is 3. The molecule has 3 rings (SSSR count). The van der Waals surface area contributed by atoms with Gasteiger partial charge < -0.3 is 19.7 Å². The maximum atomic E-state index is 10.3. The number of fused-ring (bicyclic) bond motifs is 1. The number of aliphatic hydroxyl groups excluding tert-OH is 2. The summed E-state index contributed by atoms with van der Waals surface area (Å²) in [5, 5.41) is 20.3. The number of hydrogen-bond acceptors (Lipinski definition) is 4. The molecule has 3 aliphatic rings. The predicted octanol–water partition coefficient (Wildman–Crippen LogP) is 4.84. The summed E-state index contributed by atoms with van der Waals surface area (Å²) in [4.78, 5) is 0. The van der Waals surface area contributed by atoms with Gasteiger partial charge in [-0.25, -0.2) is 0 Å². The summed E-state index contributed by atoms with van der Waals surface area (Å²) < 4.78 is 13.0. The fraction of sp³-hybridized carbons (Fsp3) is 0.680. The van der Waals surface area contributed by atoms with Crippen molar-refractivity contribution in [1.82, 2.24) is 0 Å². The Bertz CT molecular complexity index is 712. The lowest BCUT2D eigenvalue weighted by Gasteiger charge is -2.48. The third kappa shape index (κ3) is 5.49. The molecule has 2 heterocycles. The summed E-state index contributed by atoms with van der Waals surface area (Å²) in [5.41, 5.74) is 4.85. The van der Waals surface area contributed by atoms with Crippen molar-refractivity contribution in [3.8, 4) is 0 Å². The molecule has 2 aliphatic heterocycles. The van der Waals surface area contributed by atoms with E-state index in [4.69, 9.17) is 9.47 Å². The minimum Gasteiger partial charge on any atom is -0.393 e. The predicted molar refractivity (Wildman–Crippen MR) is 116 cm³/mol. The zero-order chi connectivity index (χ0) is 21.2. The van der Waals surface area contributed by atoms with Gasteiger partial charge in [-0.1, -0.05) is 35.8 Å². The van der Waals surface area contributed by atoms with E-state index < -0.39 is 5.79 Å². The van der Waals surface area contributed by atoms with Crippen molar-refractivity contribution < 1.29 is 19.7 Å². The fourth-order valence-corrected chi connectivity index (χ4v) is 4.90. The quantitative estimate of drug-likeness (QED) is 0.647. The third-order valence-electron chi connectivity index (χ3n) is 6.45. The Hall–Kier alpha value is -1.20. The van der Waals surface area contributed by atoms with Gasteiger partial charge in [0.25, 0.3) is 0 Å². The summed E-state index contributed by atoms with van der Waals surface area (Å²) in [6.45, 7) is 10.6. The zero-order valence-electron chi connectivity index (χ0n) is 18.6. The molecule has 6 atom stereocenters. The standard InChI is InChI=1S/C25H38O4/c1-16(2)7-6-8-17(3)9-21-10-18(4)13-25(28-21)14-20(15-26)22-12-23(27)19(5)11-24(22)29-25/h7,9,13-14,19,21-24,26-27H,6,8,10-12,15H2,1-5H3/t19?,21-,22-,23-,24-,25+/m1/s1. The van der Waals surface area contributed by atoms with Crippen LogP contribution in [-0.2, 0) is 9.47 Å². The Morgan fingerprint density at radius 1 is 1.21 bits per heavy atom. The van der Waals surface area contributed by atoms with Gasteiger partial charge in [0.05, 0.1) is 24.9 Å². The van der Waals surface area contributed by atoms with Gasteiger partial charge in [-0.3, -0.25) is 0 Å². The van der Waals surface area contributed by atoms with Crippen LogP contribution in [0.15, 0.2) is 46.6 Å². The average Bonchev–Trinajstić information content (AvgIpc) is 2.61. The summed E-state index contributed by atoms with van der Waals surface area (Å²) in [6, 6.07) is 0. The molecule has 2 N–H and O–H groups in total. The molecule has 4 heteroatoms. The highest BCUT2D eigenvalue weighted by Crippen LogP contribution is 2.45. The first-order valence-corrected chi connectivity index (χ1v) is 11.1. The zero-order valence-corrected chi connectivity index (χ0v) is 18.6. The average molecular weight is 403 g/mol. The minimum atomic E-state index is -0.912. The highest BCUT2D eigenvalue weighted by atomic mass is 16.7. The van der Waals surface area contributed by atoms with Crippen molar-refractivity contribution in [3.63, 3.8) is 0 Å². The van der Waals surface area contributed by atoms with Crippen molar-refractivity contribution in [2.45, 2.75) is 90.8 Å². The van der Waals surface area contributed by atoms with Crippen LogP contribution >= 0.6 is 0 Å². The van der Waals surface area contributed by atoms with Crippen molar-refractivity contribution >= 4 is 0 Å². The van der Waals surface area contributed by atoms with Crippen LogP contribution in [0.1, 0.15) is 66.7 Å². The van der Waals surface area contributed by atoms with Crippen LogP contribution in [0.2, 0.25) is 0 Å². The number of hydrogen-bond donors (Lipinski definition) is 2. The van der Waals surface area contributed by atoms with E-state index in [0.29, 0.717) is 6.42 Å². The molecule has 1 spiro atoms. The lowest BCUT2D eigenvalue weighted by molar-refractivity contribution is -0.245. The summed E-state index contributed by atoms with van der Waals surface area (Å²) in [7, 11) is 0. The molecule has 1 saturated carbocycles. The van der Waals surface area contributed by atoms with E-state index in [1.165, 1.54) is 16.7 Å². The maximum Gasteiger partial charge on any atom is 0.209 e. The molecule has 162 valence electrons. The van der Waals surface area contributed by atoms with Crippen LogP contribution in [0.5, 0.6) is 0 Å². The largest absolute Gasteiger partial charge is 0.393 e. The van der Waals surface area contributed by atoms with Crippen LogP contribution in [0.3, 0.4) is 0 Å². The van der Waals surface area contributed by atoms with Gasteiger partial charge in [-0.05, 0) is 83.4 Å². The molecule has 1 unspecified atom stereocenters. The van der Waals surface area contributed by atoms with E-state index in [9.17, 15) is 10.2 Å². The highest BCUT2D eigenvalue weighted by Gasteiger charge is 2.47. The lowest BCUT2D eigenvalue weighted by atomic mass is 9.73. The Morgan fingerprint density at radius 2 is 1.97 bits per heavy atom. The molecule has 0 aromatic heterocycles. The fourth-order valence-electron chi connectivity index (χ4n) is 4.90. The Kier molecular flexibility index (Phi) is 7.21. The normalized spacial score (nSPS) is 37.6. The molecule has 0 bridgehead atoms. The molecular formula is C25H38O4. The summed E-state index contributed by atoms with van der Waals surface area (Å²) in [5.74, 6) is -0.658. The van der Waals surface area contributed by atoms with Crippen molar-refractivity contribution in [2.24, 2.45) is 11.8 Å². The maximum absolute atomic E-state index is 10.3. The minimum absolute atomic E-state index is 0.0220. The second kappa shape index (κ2) is 9.30. The molecule has 29 heavy (non-hydrogen) atoms. The first kappa shape index (κ1) is 22.5. The van der Waals surface area contributed by atoms with Crippen LogP contribution in [0.25, 0.3) is 0 Å². The molecular weight excluding hydrogens is 364 g/mol. The number of aliphatic hydroxyl groups is 2. The van der Waals surface area contributed by atoms with Crippen LogP contribution < -0.4 is 0 Å². The van der Waals surface area contributed by atoms with E-state index in [1.807, 2.05) is 6.08 Å². The van der Waals surface area contributed by atoms with E-state index in [2.05, 4.69) is 52.8 Å². The van der Waals surface area contributed by atoms with Gasteiger partial charge in [-0.2, -0.15) is 0 Å². The van der Waals surface area contributed by atoms with Gasteiger partial charge in [0.15, 0.2) is 0 Å². The summed E-state index contributed by atoms with van der Waals surface area (Å²) in [6.07, 6.45) is 12.5. The molecule has 0 aromatic carbocycles. The van der Waals surface area contributed by atoms with Gasteiger partial charge in [0, 0.05) is 5.92 Å². The van der Waals surface area contributed by atoms with E-state index in [0.717, 1.165) is 31.3 Å². The topological polar surface area (TPSA) is 58.9 Å². The van der Waals surface area contributed by atoms with Crippen LogP contribution in [0.4, 0.5) is 0 Å². The first-order chi connectivity index (χ1) is 13.7. The Labute approximate surface area is 176 Å². The Morgan fingerprint density at radius 3 is 2.66 bits per heavy atom. The van der Waals surface area contributed by atoms with E-state index >= 15 is 0 Å². The smallest absolute Gasteiger partial charge is 0.209 e. The van der Waals surface area contributed by atoms with Crippen LogP contribution in [-0.4, -0.2) is 40.9 Å². The molecule has 0 saturated heterocycles. The lowest BCUT2D eigenvalue weighted by Crippen LogP contribution is -2.51. The molecule has 1 aliphatic carbocycles. The molecule has 0 amide bonds. The molecule has 0 radical (unpaired) electrons. The van der Waals surface area contributed by atoms with Crippen molar-refractivity contribution in [2.75, 3.05) is 6.61 Å². The monoisotopic (exact) mass is 402 g/mol. The third-order valence-corrected chi connectivity index (χ3v) is 6.45. The van der Waals surface area contributed by atoms with Gasteiger partial charge in [0.2, 0.25) is 5.79 Å².